The topological polar surface area (TPSA) is 141 Å². The number of hydrogen-bond donors (Lipinski definition) is 3. The predicted molar refractivity (Wildman–Crippen MR) is 172 cm³/mol. The zero-order valence-electron chi connectivity index (χ0n) is 26.4. The minimum atomic E-state index is -1.37. The van der Waals surface area contributed by atoms with E-state index < -0.39 is 31.4 Å². The molecule has 3 N–H and O–H groups in total. The maximum Gasteiger partial charge on any atom is 0.335 e. The Kier molecular flexibility index (Phi) is 14.9. The molecule has 47 heavy (non-hydrogen) atoms. The molecule has 0 amide bonds. The van der Waals surface area contributed by atoms with Crippen LogP contribution in [0.4, 0.5) is 4.39 Å². The number of unbranched alkanes of at least 4 members (excludes halogenated alkanes) is 2. The van der Waals surface area contributed by atoms with Gasteiger partial charge in [0.15, 0.2) is 0 Å². The number of halogens is 1. The van der Waals surface area contributed by atoms with E-state index in [4.69, 9.17) is 33.9 Å². The number of aliphatic hydroxyl groups excluding tert-OH is 3. The van der Waals surface area contributed by atoms with Crippen molar-refractivity contribution < 1.29 is 53.0 Å². The average molecular weight is 653 g/mol. The molecule has 0 saturated heterocycles. The number of aryl methyl sites for hydroxylation is 1. The summed E-state index contributed by atoms with van der Waals surface area (Å²) in [6, 6.07) is 16.5. The fourth-order valence-electron chi connectivity index (χ4n) is 4.23. The van der Waals surface area contributed by atoms with Crippen molar-refractivity contribution in [1.82, 2.24) is 0 Å². The molecule has 11 heteroatoms. The first-order valence-electron chi connectivity index (χ1n) is 15.2. The number of hydrogen-bond acceptors (Lipinski definition) is 10. The van der Waals surface area contributed by atoms with Crippen molar-refractivity contribution >= 4 is 11.9 Å². The molecule has 0 bridgehead atoms. The summed E-state index contributed by atoms with van der Waals surface area (Å²) in [5.74, 6) is -0.713. The Balaban J connectivity index is 1.69. The van der Waals surface area contributed by atoms with Crippen LogP contribution < -0.4 is 14.2 Å². The summed E-state index contributed by atoms with van der Waals surface area (Å²) in [6.07, 6.45) is 2.23. The number of carbonyl (C=O) groups is 2. The average Bonchev–Trinajstić information content (AvgIpc) is 3.08. The van der Waals surface area contributed by atoms with Gasteiger partial charge in [-0.1, -0.05) is 57.2 Å². The van der Waals surface area contributed by atoms with Crippen molar-refractivity contribution in [2.45, 2.75) is 38.9 Å². The highest BCUT2D eigenvalue weighted by molar-refractivity contribution is 5.88. The second-order valence-electron chi connectivity index (χ2n) is 10.5. The van der Waals surface area contributed by atoms with Gasteiger partial charge in [0.2, 0.25) is 6.29 Å². The molecule has 10 nitrogen and oxygen atoms in total. The standard InChI is InChI=1S/C36H41FO10/c1-4-5-6-7-27-8-9-28(20-33(27)37)36(42)47-30-12-10-26(11-13-30)29-18-31(43-14-16-45-34(40)24(2)22-38)21-32(19-29)44-15-17-46-35(41)25(3)23-39/h8-13,18-21,36,38-39,42H,2-7,14-17,22-23H2,1H3. The van der Waals surface area contributed by atoms with Crippen molar-refractivity contribution in [2.24, 2.45) is 0 Å². The highest BCUT2D eigenvalue weighted by atomic mass is 19.1. The minimum absolute atomic E-state index is 0.000788. The Morgan fingerprint density at radius 2 is 1.32 bits per heavy atom. The van der Waals surface area contributed by atoms with Crippen LogP contribution in [0.2, 0.25) is 0 Å². The molecule has 0 spiro atoms. The lowest BCUT2D eigenvalue weighted by atomic mass is 10.0. The Morgan fingerprint density at radius 1 is 0.745 bits per heavy atom. The van der Waals surface area contributed by atoms with Gasteiger partial charge >= 0.3 is 11.9 Å². The lowest BCUT2D eigenvalue weighted by Gasteiger charge is -2.16. The number of rotatable bonds is 20. The van der Waals surface area contributed by atoms with E-state index in [1.165, 1.54) is 6.07 Å². The van der Waals surface area contributed by atoms with Crippen LogP contribution in [0.1, 0.15) is 43.6 Å². The van der Waals surface area contributed by atoms with Gasteiger partial charge < -0.3 is 39.0 Å². The molecule has 252 valence electrons. The number of ether oxygens (including phenoxy) is 5. The maximum atomic E-state index is 14.6. The molecule has 0 heterocycles. The SMILES string of the molecule is C=C(CO)C(=O)OCCOc1cc(OCCOC(=O)C(=C)CO)cc(-c2ccc(OC(O)c3ccc(CCCCC)c(F)c3)cc2)c1. The van der Waals surface area contributed by atoms with E-state index in [9.17, 15) is 19.1 Å². The molecule has 3 aromatic carbocycles. The van der Waals surface area contributed by atoms with Crippen molar-refractivity contribution in [1.29, 1.82) is 0 Å². The molecular formula is C36H41FO10. The van der Waals surface area contributed by atoms with Crippen LogP contribution >= 0.6 is 0 Å². The second kappa shape index (κ2) is 19.1. The summed E-state index contributed by atoms with van der Waals surface area (Å²) >= 11 is 0. The van der Waals surface area contributed by atoms with Gasteiger partial charge in [-0.25, -0.2) is 14.0 Å². The molecule has 0 aromatic heterocycles. The molecule has 0 saturated carbocycles. The summed E-state index contributed by atoms with van der Waals surface area (Å²) in [7, 11) is 0. The first-order chi connectivity index (χ1) is 22.6. The monoisotopic (exact) mass is 652 g/mol. The number of benzene rings is 3. The molecule has 3 rings (SSSR count). The summed E-state index contributed by atoms with van der Waals surface area (Å²) < 4.78 is 41.8. The highest BCUT2D eigenvalue weighted by Gasteiger charge is 2.14. The van der Waals surface area contributed by atoms with Gasteiger partial charge in [0.25, 0.3) is 0 Å². The summed E-state index contributed by atoms with van der Waals surface area (Å²) in [6.45, 7) is 7.70. The Hall–Kier alpha value is -4.71. The maximum absolute atomic E-state index is 14.6. The molecule has 0 aliphatic rings. The molecule has 0 aliphatic heterocycles. The van der Waals surface area contributed by atoms with Crippen LogP contribution in [-0.2, 0) is 25.5 Å². The van der Waals surface area contributed by atoms with E-state index in [1.54, 1.807) is 54.6 Å². The molecule has 0 aliphatic carbocycles. The van der Waals surface area contributed by atoms with Crippen molar-refractivity contribution in [3.63, 3.8) is 0 Å². The molecule has 1 unspecified atom stereocenters. The van der Waals surface area contributed by atoms with Crippen molar-refractivity contribution in [3.05, 3.63) is 102 Å². The van der Waals surface area contributed by atoms with E-state index in [2.05, 4.69) is 20.1 Å². The van der Waals surface area contributed by atoms with Crippen LogP contribution in [-0.4, -0.2) is 66.9 Å². The van der Waals surface area contributed by atoms with Crippen LogP contribution in [0.15, 0.2) is 85.0 Å². The molecular weight excluding hydrogens is 611 g/mol. The van der Waals surface area contributed by atoms with Crippen LogP contribution in [0.5, 0.6) is 17.2 Å². The van der Waals surface area contributed by atoms with E-state index in [1.807, 2.05) is 0 Å². The zero-order valence-corrected chi connectivity index (χ0v) is 26.4. The lowest BCUT2D eigenvalue weighted by molar-refractivity contribution is -0.141. The molecule has 0 radical (unpaired) electrons. The minimum Gasteiger partial charge on any atom is -0.490 e. The van der Waals surface area contributed by atoms with Crippen molar-refractivity contribution in [2.75, 3.05) is 39.6 Å². The van der Waals surface area contributed by atoms with E-state index in [-0.39, 0.29) is 43.4 Å². The normalized spacial score (nSPS) is 11.3. The van der Waals surface area contributed by atoms with Gasteiger partial charge in [-0.2, -0.15) is 0 Å². The Bertz CT molecular complexity index is 1450. The van der Waals surface area contributed by atoms with E-state index in [0.717, 1.165) is 24.8 Å². The fraction of sp³-hybridized carbons (Fsp3) is 0.333. The summed E-state index contributed by atoms with van der Waals surface area (Å²) in [5, 5.41) is 28.6. The third-order valence-corrected chi connectivity index (χ3v) is 6.86. The largest absolute Gasteiger partial charge is 0.490 e. The van der Waals surface area contributed by atoms with Crippen molar-refractivity contribution in [3.8, 4) is 28.4 Å². The number of carbonyl (C=O) groups excluding carboxylic acids is 2. The van der Waals surface area contributed by atoms with Gasteiger partial charge in [-0.05, 0) is 59.9 Å². The Morgan fingerprint density at radius 3 is 1.83 bits per heavy atom. The predicted octanol–water partition coefficient (Wildman–Crippen LogP) is 5.24. The van der Waals surface area contributed by atoms with Crippen LogP contribution in [0.3, 0.4) is 0 Å². The summed E-state index contributed by atoms with van der Waals surface area (Å²) in [4.78, 5) is 23.5. The lowest BCUT2D eigenvalue weighted by Crippen LogP contribution is -2.15. The highest BCUT2D eigenvalue weighted by Crippen LogP contribution is 2.32. The Labute approximate surface area is 273 Å². The van der Waals surface area contributed by atoms with Crippen LogP contribution in [0, 0.1) is 5.82 Å². The first-order valence-corrected chi connectivity index (χ1v) is 15.2. The van der Waals surface area contributed by atoms with Gasteiger partial charge in [0, 0.05) is 11.6 Å². The van der Waals surface area contributed by atoms with Gasteiger partial charge in [0.05, 0.1) is 24.4 Å². The van der Waals surface area contributed by atoms with E-state index >= 15 is 0 Å². The zero-order chi connectivity index (χ0) is 34.2. The smallest absolute Gasteiger partial charge is 0.335 e. The van der Waals surface area contributed by atoms with Gasteiger partial charge in [-0.15, -0.1) is 0 Å². The molecule has 0 fully saturated rings. The third kappa shape index (κ3) is 11.9. The van der Waals surface area contributed by atoms with Crippen LogP contribution in [0.25, 0.3) is 11.1 Å². The fourth-order valence-corrected chi connectivity index (χ4v) is 4.23. The summed E-state index contributed by atoms with van der Waals surface area (Å²) in [5.41, 5.74) is 2.18. The third-order valence-electron chi connectivity index (χ3n) is 6.86. The first kappa shape index (κ1) is 36.8. The molecule has 1 atom stereocenters. The van der Waals surface area contributed by atoms with E-state index in [0.29, 0.717) is 40.4 Å². The molecule has 3 aromatic rings. The van der Waals surface area contributed by atoms with Gasteiger partial charge in [-0.3, -0.25) is 0 Å². The van der Waals surface area contributed by atoms with Gasteiger partial charge in [0.1, 0.15) is 49.5 Å². The second-order valence-corrected chi connectivity index (χ2v) is 10.5. The number of aliphatic hydroxyl groups is 3. The number of esters is 2. The quantitative estimate of drug-likeness (QED) is 0.0643.